The van der Waals surface area contributed by atoms with Crippen molar-refractivity contribution < 1.29 is 23.5 Å². The van der Waals surface area contributed by atoms with E-state index in [0.29, 0.717) is 35.7 Å². The number of amides is 3. The van der Waals surface area contributed by atoms with Crippen LogP contribution in [-0.4, -0.2) is 56.4 Å². The van der Waals surface area contributed by atoms with Crippen LogP contribution in [0, 0.1) is 13.8 Å². The second-order valence-corrected chi connectivity index (χ2v) is 7.28. The Balaban J connectivity index is 2.01. The van der Waals surface area contributed by atoms with Crippen molar-refractivity contribution in [3.05, 3.63) is 53.0 Å². The van der Waals surface area contributed by atoms with E-state index >= 15 is 0 Å². The maximum Gasteiger partial charge on any atom is 0.257 e. The molecule has 1 aliphatic heterocycles. The Labute approximate surface area is 175 Å². The smallest absolute Gasteiger partial charge is 0.257 e. The zero-order valence-electron chi connectivity index (χ0n) is 17.7. The van der Waals surface area contributed by atoms with Gasteiger partial charge in [0.1, 0.15) is 24.6 Å². The van der Waals surface area contributed by atoms with Crippen molar-refractivity contribution in [3.8, 4) is 0 Å². The van der Waals surface area contributed by atoms with Crippen molar-refractivity contribution in [1.29, 1.82) is 0 Å². The van der Waals surface area contributed by atoms with E-state index in [2.05, 4.69) is 5.32 Å². The fourth-order valence-corrected chi connectivity index (χ4v) is 3.72. The molecule has 1 aromatic carbocycles. The van der Waals surface area contributed by atoms with Gasteiger partial charge in [0.2, 0.25) is 11.8 Å². The number of nitrogens with zero attached hydrogens (tertiary/aromatic N) is 2. The van der Waals surface area contributed by atoms with Crippen LogP contribution in [0.1, 0.15) is 40.0 Å². The molecule has 1 atom stereocenters. The first-order chi connectivity index (χ1) is 14.3. The van der Waals surface area contributed by atoms with E-state index in [9.17, 15) is 14.4 Å². The quantitative estimate of drug-likeness (QED) is 0.830. The molecule has 0 fully saturated rings. The zero-order chi connectivity index (χ0) is 21.8. The highest BCUT2D eigenvalue weighted by atomic mass is 16.5. The van der Waals surface area contributed by atoms with Gasteiger partial charge >= 0.3 is 0 Å². The summed E-state index contributed by atoms with van der Waals surface area (Å²) in [6.07, 6.45) is 0.178. The summed E-state index contributed by atoms with van der Waals surface area (Å²) in [7, 11) is 3.12. The Hall–Kier alpha value is -3.13. The van der Waals surface area contributed by atoms with Crippen LogP contribution in [-0.2, 0) is 14.3 Å². The van der Waals surface area contributed by atoms with Gasteiger partial charge in [-0.25, -0.2) is 0 Å². The van der Waals surface area contributed by atoms with E-state index in [-0.39, 0.29) is 36.9 Å². The van der Waals surface area contributed by atoms with Crippen molar-refractivity contribution in [2.75, 3.05) is 38.7 Å². The summed E-state index contributed by atoms with van der Waals surface area (Å²) in [5, 5.41) is 2.55. The lowest BCUT2D eigenvalue weighted by Gasteiger charge is -2.26. The second kappa shape index (κ2) is 9.13. The van der Waals surface area contributed by atoms with Gasteiger partial charge in [-0.05, 0) is 32.4 Å². The molecule has 1 aliphatic rings. The number of nitrogens with one attached hydrogen (secondary N) is 1. The van der Waals surface area contributed by atoms with Crippen LogP contribution in [0.25, 0.3) is 0 Å². The minimum atomic E-state index is -0.339. The Bertz CT molecular complexity index is 952. The molecule has 1 aromatic heterocycles. The number of anilines is 1. The van der Waals surface area contributed by atoms with E-state index in [4.69, 9.17) is 9.15 Å². The van der Waals surface area contributed by atoms with Gasteiger partial charge in [-0.2, -0.15) is 0 Å². The van der Waals surface area contributed by atoms with E-state index in [1.165, 1.54) is 16.8 Å². The van der Waals surface area contributed by atoms with Crippen LogP contribution in [0.15, 0.2) is 34.7 Å². The van der Waals surface area contributed by atoms with Crippen LogP contribution in [0.5, 0.6) is 0 Å². The van der Waals surface area contributed by atoms with Gasteiger partial charge in [-0.15, -0.1) is 0 Å². The normalized spacial score (nSPS) is 17.1. The lowest BCUT2D eigenvalue weighted by molar-refractivity contribution is -0.123. The summed E-state index contributed by atoms with van der Waals surface area (Å²) in [5.74, 6) is 0.228. The van der Waals surface area contributed by atoms with Gasteiger partial charge in [-0.1, -0.05) is 18.2 Å². The number of hydrogen-bond acceptors (Lipinski definition) is 5. The molecule has 0 saturated heterocycles. The minimum Gasteiger partial charge on any atom is -0.466 e. The molecule has 0 radical (unpaired) electrons. The largest absolute Gasteiger partial charge is 0.466 e. The molecule has 0 spiro atoms. The Morgan fingerprint density at radius 2 is 2.00 bits per heavy atom. The molecule has 2 aromatic rings. The number of methoxy groups -OCH3 is 1. The summed E-state index contributed by atoms with van der Waals surface area (Å²) >= 11 is 0. The molecule has 8 heteroatoms. The van der Waals surface area contributed by atoms with Crippen LogP contribution in [0.2, 0.25) is 0 Å². The Kier molecular flexibility index (Phi) is 6.56. The number of carbonyl (C=O) groups is 3. The molecular weight excluding hydrogens is 386 g/mol. The van der Waals surface area contributed by atoms with E-state index < -0.39 is 0 Å². The summed E-state index contributed by atoms with van der Waals surface area (Å²) < 4.78 is 11.2. The molecule has 0 bridgehead atoms. The molecule has 1 N–H and O–H groups in total. The predicted molar refractivity (Wildman–Crippen MR) is 111 cm³/mol. The highest BCUT2D eigenvalue weighted by Crippen LogP contribution is 2.32. The van der Waals surface area contributed by atoms with Crippen molar-refractivity contribution in [3.63, 3.8) is 0 Å². The first-order valence-corrected chi connectivity index (χ1v) is 9.84. The summed E-state index contributed by atoms with van der Waals surface area (Å²) in [6, 6.07) is 9.04. The van der Waals surface area contributed by atoms with Gasteiger partial charge in [0, 0.05) is 26.3 Å². The number of carbonyl (C=O) groups excluding carboxylic acids is 3. The highest BCUT2D eigenvalue weighted by molar-refractivity contribution is 6.03. The monoisotopic (exact) mass is 413 g/mol. The van der Waals surface area contributed by atoms with Gasteiger partial charge in [-0.3, -0.25) is 14.4 Å². The topological polar surface area (TPSA) is 92.1 Å². The third-order valence-electron chi connectivity index (χ3n) is 5.29. The molecule has 3 amide bonds. The first kappa shape index (κ1) is 21.6. The minimum absolute atomic E-state index is 0.144. The van der Waals surface area contributed by atoms with E-state index in [0.717, 1.165) is 5.56 Å². The Morgan fingerprint density at radius 1 is 1.27 bits per heavy atom. The number of aryl methyl sites for hydroxylation is 2. The van der Waals surface area contributed by atoms with Gasteiger partial charge in [0.05, 0.1) is 17.4 Å². The van der Waals surface area contributed by atoms with E-state index in [1.807, 2.05) is 18.2 Å². The fraction of sp³-hybridized carbons (Fsp3) is 0.409. The maximum atomic E-state index is 13.3. The molecule has 30 heavy (non-hydrogen) atoms. The maximum absolute atomic E-state index is 13.3. The molecular formula is C22H27N3O5. The number of ether oxygens (including phenoxy) is 1. The number of benzene rings is 1. The molecule has 1 unspecified atom stereocenters. The predicted octanol–water partition coefficient (Wildman–Crippen LogP) is 2.21. The number of likely N-dealkylation sites (N-methyl/N-ethyl adjacent to an activating group) is 1. The molecule has 8 nitrogen and oxygen atoms in total. The SMILES string of the molecule is CNC(=O)CN1C(=O)CN(C(=O)c2cc(C)oc2C)CCC(OC)c2ccccc21. The molecule has 3 rings (SSSR count). The second-order valence-electron chi connectivity index (χ2n) is 7.28. The van der Waals surface area contributed by atoms with Crippen molar-refractivity contribution >= 4 is 23.4 Å². The summed E-state index contributed by atoms with van der Waals surface area (Å²) in [5.41, 5.74) is 1.85. The average molecular weight is 413 g/mol. The number of fused-ring (bicyclic) bond motifs is 1. The summed E-state index contributed by atoms with van der Waals surface area (Å²) in [4.78, 5) is 41.5. The van der Waals surface area contributed by atoms with Crippen molar-refractivity contribution in [2.45, 2.75) is 26.4 Å². The molecule has 0 aliphatic carbocycles. The van der Waals surface area contributed by atoms with Crippen LogP contribution >= 0.6 is 0 Å². The van der Waals surface area contributed by atoms with Crippen molar-refractivity contribution in [2.24, 2.45) is 0 Å². The molecule has 0 saturated carbocycles. The van der Waals surface area contributed by atoms with E-state index in [1.54, 1.807) is 33.1 Å². The lowest BCUT2D eigenvalue weighted by Crippen LogP contribution is -2.46. The average Bonchev–Trinajstić information content (AvgIpc) is 3.10. The Morgan fingerprint density at radius 3 is 2.63 bits per heavy atom. The molecule has 160 valence electrons. The van der Waals surface area contributed by atoms with Crippen LogP contribution in [0.3, 0.4) is 0 Å². The first-order valence-electron chi connectivity index (χ1n) is 9.84. The highest BCUT2D eigenvalue weighted by Gasteiger charge is 2.31. The fourth-order valence-electron chi connectivity index (χ4n) is 3.72. The molecule has 2 heterocycles. The standard InChI is InChI=1S/C22H27N3O5/c1-14-11-17(15(2)30-14)22(28)24-10-9-19(29-4)16-7-5-6-8-18(16)25(21(27)13-24)12-20(26)23-3/h5-8,11,19H,9-10,12-13H2,1-4H3,(H,23,26). The van der Waals surface area contributed by atoms with Crippen molar-refractivity contribution in [1.82, 2.24) is 10.2 Å². The number of furan rings is 1. The van der Waals surface area contributed by atoms with Gasteiger partial charge in [0.15, 0.2) is 0 Å². The third-order valence-corrected chi connectivity index (χ3v) is 5.29. The summed E-state index contributed by atoms with van der Waals surface area (Å²) in [6.45, 7) is 3.54. The van der Waals surface area contributed by atoms with Crippen LogP contribution in [0.4, 0.5) is 5.69 Å². The zero-order valence-corrected chi connectivity index (χ0v) is 17.7. The number of para-hydroxylation sites is 1. The lowest BCUT2D eigenvalue weighted by atomic mass is 10.0. The van der Waals surface area contributed by atoms with Gasteiger partial charge in [0.25, 0.3) is 5.91 Å². The number of hydrogen-bond donors (Lipinski definition) is 1. The van der Waals surface area contributed by atoms with Crippen LogP contribution < -0.4 is 10.2 Å². The third kappa shape index (κ3) is 4.38. The number of rotatable bonds is 4. The van der Waals surface area contributed by atoms with Gasteiger partial charge < -0.3 is 24.3 Å².